The number of benzene rings is 1. The third kappa shape index (κ3) is 4.43. The molecular formula is C22H30N4O2. The van der Waals surface area contributed by atoms with Gasteiger partial charge in [0.05, 0.1) is 11.6 Å². The highest BCUT2D eigenvalue weighted by Crippen LogP contribution is 2.27. The molecule has 2 amide bonds. The zero-order valence-electron chi connectivity index (χ0n) is 17.2. The molecule has 1 aromatic carbocycles. The molecule has 2 N–H and O–H groups in total. The molecular weight excluding hydrogens is 352 g/mol. The number of H-pyrrole nitrogens is 1. The van der Waals surface area contributed by atoms with Crippen LogP contribution in [0.25, 0.3) is 0 Å². The molecule has 0 spiro atoms. The number of hydrogen-bond donors (Lipinski definition) is 2. The van der Waals surface area contributed by atoms with Crippen LogP contribution in [-0.2, 0) is 16.0 Å². The van der Waals surface area contributed by atoms with E-state index in [2.05, 4.69) is 41.5 Å². The summed E-state index contributed by atoms with van der Waals surface area (Å²) in [7, 11) is 0. The van der Waals surface area contributed by atoms with Crippen molar-refractivity contribution in [1.29, 1.82) is 0 Å². The summed E-state index contributed by atoms with van der Waals surface area (Å²) >= 11 is 0. The summed E-state index contributed by atoms with van der Waals surface area (Å²) in [6.45, 7) is 9.35. The Kier molecular flexibility index (Phi) is 6.17. The number of amides is 2. The van der Waals surface area contributed by atoms with Gasteiger partial charge < -0.3 is 10.2 Å². The maximum absolute atomic E-state index is 12.5. The molecule has 1 atom stereocenters. The van der Waals surface area contributed by atoms with E-state index in [0.717, 1.165) is 29.9 Å². The highest BCUT2D eigenvalue weighted by Gasteiger charge is 2.34. The lowest BCUT2D eigenvalue weighted by Gasteiger charge is -2.17. The Hall–Kier alpha value is -2.63. The average molecular weight is 383 g/mol. The van der Waals surface area contributed by atoms with Crippen LogP contribution in [0.4, 0.5) is 5.69 Å². The molecule has 1 aliphatic rings. The minimum atomic E-state index is -0.283. The zero-order valence-corrected chi connectivity index (χ0v) is 17.2. The topological polar surface area (TPSA) is 78.1 Å². The summed E-state index contributed by atoms with van der Waals surface area (Å²) in [5, 5.41) is 10.2. The number of hydrogen-bond acceptors (Lipinski definition) is 3. The van der Waals surface area contributed by atoms with Crippen molar-refractivity contribution < 1.29 is 9.59 Å². The number of aryl methyl sites for hydroxylation is 2. The molecule has 6 nitrogen and oxygen atoms in total. The zero-order chi connectivity index (χ0) is 20.3. The number of carbonyl (C=O) groups excluding carboxylic acids is 2. The second kappa shape index (κ2) is 8.59. The molecule has 0 unspecified atom stereocenters. The number of aromatic amines is 1. The van der Waals surface area contributed by atoms with E-state index >= 15 is 0 Å². The largest absolute Gasteiger partial charge is 0.356 e. The van der Waals surface area contributed by atoms with Crippen molar-refractivity contribution >= 4 is 17.5 Å². The van der Waals surface area contributed by atoms with Crippen LogP contribution in [0.1, 0.15) is 55.1 Å². The molecule has 0 aliphatic carbocycles. The molecule has 1 saturated heterocycles. The average Bonchev–Trinajstić information content (AvgIpc) is 3.21. The van der Waals surface area contributed by atoms with Gasteiger partial charge in [0, 0.05) is 30.9 Å². The minimum absolute atomic E-state index is 0.0158. The van der Waals surface area contributed by atoms with Crippen molar-refractivity contribution in [1.82, 2.24) is 15.5 Å². The lowest BCUT2D eigenvalue weighted by Crippen LogP contribution is -2.33. The number of rotatable bonds is 7. The normalized spacial score (nSPS) is 16.8. The lowest BCUT2D eigenvalue weighted by molar-refractivity contribution is -0.126. The summed E-state index contributed by atoms with van der Waals surface area (Å²) in [6, 6.07) is 8.06. The van der Waals surface area contributed by atoms with E-state index in [1.54, 1.807) is 4.90 Å². The van der Waals surface area contributed by atoms with Gasteiger partial charge in [-0.1, -0.05) is 26.0 Å². The van der Waals surface area contributed by atoms with E-state index in [9.17, 15) is 9.59 Å². The van der Waals surface area contributed by atoms with Crippen molar-refractivity contribution in [2.45, 2.75) is 52.9 Å². The van der Waals surface area contributed by atoms with Gasteiger partial charge in [-0.25, -0.2) is 0 Å². The highest BCUT2D eigenvalue weighted by atomic mass is 16.2. The molecule has 150 valence electrons. The van der Waals surface area contributed by atoms with E-state index < -0.39 is 0 Å². The molecule has 1 fully saturated rings. The van der Waals surface area contributed by atoms with Gasteiger partial charge in [0.15, 0.2) is 0 Å². The Morgan fingerprint density at radius 3 is 2.61 bits per heavy atom. The molecule has 0 radical (unpaired) electrons. The first-order chi connectivity index (χ1) is 13.4. The number of nitrogens with zero attached hydrogens (tertiary/aromatic N) is 2. The van der Waals surface area contributed by atoms with Crippen LogP contribution in [0.2, 0.25) is 0 Å². The van der Waals surface area contributed by atoms with Crippen LogP contribution in [0.3, 0.4) is 0 Å². The van der Waals surface area contributed by atoms with Crippen molar-refractivity contribution in [3.63, 3.8) is 0 Å². The Morgan fingerprint density at radius 1 is 1.29 bits per heavy atom. The predicted molar refractivity (Wildman–Crippen MR) is 110 cm³/mol. The van der Waals surface area contributed by atoms with Crippen molar-refractivity contribution in [2.24, 2.45) is 5.92 Å². The molecule has 0 saturated carbocycles. The van der Waals surface area contributed by atoms with Crippen LogP contribution >= 0.6 is 0 Å². The smallest absolute Gasteiger partial charge is 0.227 e. The minimum Gasteiger partial charge on any atom is -0.356 e. The van der Waals surface area contributed by atoms with Gasteiger partial charge in [0.25, 0.3) is 0 Å². The summed E-state index contributed by atoms with van der Waals surface area (Å²) < 4.78 is 0. The van der Waals surface area contributed by atoms with Gasteiger partial charge in [-0.15, -0.1) is 0 Å². The van der Waals surface area contributed by atoms with Crippen LogP contribution in [0.15, 0.2) is 24.3 Å². The third-order valence-electron chi connectivity index (χ3n) is 5.55. The molecule has 2 aromatic rings. The molecule has 2 heterocycles. The molecule has 1 aromatic heterocycles. The van der Waals surface area contributed by atoms with Gasteiger partial charge in [0.1, 0.15) is 0 Å². The quantitative estimate of drug-likeness (QED) is 0.722. The number of nitrogens with one attached hydrogen (secondary N) is 2. The van der Waals surface area contributed by atoms with E-state index in [1.807, 2.05) is 26.0 Å². The maximum Gasteiger partial charge on any atom is 0.227 e. The maximum atomic E-state index is 12.5. The molecule has 28 heavy (non-hydrogen) atoms. The highest BCUT2D eigenvalue weighted by molar-refractivity contribution is 6.00. The fourth-order valence-electron chi connectivity index (χ4n) is 3.74. The standard InChI is InChI=1S/C22H30N4O2/c1-14(2)17-7-9-19(10-8-17)26-13-18(12-21(26)27)22(28)23-11-5-6-20-15(3)24-25-16(20)4/h7-10,14,18H,5-6,11-13H2,1-4H3,(H,23,28)(H,24,25)/t18-/m0/s1. The molecule has 3 rings (SSSR count). The fraction of sp³-hybridized carbons (Fsp3) is 0.500. The number of aromatic nitrogens is 2. The monoisotopic (exact) mass is 382 g/mol. The van der Waals surface area contributed by atoms with Gasteiger partial charge in [-0.05, 0) is 55.9 Å². The van der Waals surface area contributed by atoms with Crippen molar-refractivity contribution in [3.05, 3.63) is 46.8 Å². The van der Waals surface area contributed by atoms with Gasteiger partial charge in [-0.3, -0.25) is 14.7 Å². The van der Waals surface area contributed by atoms with Crippen LogP contribution in [0.5, 0.6) is 0 Å². The molecule has 1 aliphatic heterocycles. The second-order valence-corrected chi connectivity index (χ2v) is 7.96. The Labute approximate surface area is 166 Å². The van der Waals surface area contributed by atoms with Crippen LogP contribution in [0, 0.1) is 19.8 Å². The van der Waals surface area contributed by atoms with E-state index in [4.69, 9.17) is 0 Å². The fourth-order valence-corrected chi connectivity index (χ4v) is 3.74. The van der Waals surface area contributed by atoms with Gasteiger partial charge >= 0.3 is 0 Å². The predicted octanol–water partition coefficient (Wildman–Crippen LogP) is 3.25. The summed E-state index contributed by atoms with van der Waals surface area (Å²) in [5.74, 6) is 0.156. The Bertz CT molecular complexity index is 819. The Balaban J connectivity index is 1.49. The van der Waals surface area contributed by atoms with Crippen LogP contribution in [-0.4, -0.2) is 35.1 Å². The Morgan fingerprint density at radius 2 is 2.00 bits per heavy atom. The van der Waals surface area contributed by atoms with Crippen molar-refractivity contribution in [2.75, 3.05) is 18.0 Å². The van der Waals surface area contributed by atoms with Crippen molar-refractivity contribution in [3.8, 4) is 0 Å². The SMILES string of the molecule is Cc1n[nH]c(C)c1CCCNC(=O)[C@H]1CC(=O)N(c2ccc(C(C)C)cc2)C1. The number of carbonyl (C=O) groups is 2. The van der Waals surface area contributed by atoms with E-state index in [0.29, 0.717) is 19.0 Å². The summed E-state index contributed by atoms with van der Waals surface area (Å²) in [6.07, 6.45) is 2.01. The van der Waals surface area contributed by atoms with Gasteiger partial charge in [-0.2, -0.15) is 5.10 Å². The third-order valence-corrected chi connectivity index (χ3v) is 5.55. The first-order valence-electron chi connectivity index (χ1n) is 10.0. The lowest BCUT2D eigenvalue weighted by atomic mass is 10.0. The summed E-state index contributed by atoms with van der Waals surface area (Å²) in [4.78, 5) is 26.6. The van der Waals surface area contributed by atoms with E-state index in [1.165, 1.54) is 11.1 Å². The van der Waals surface area contributed by atoms with E-state index in [-0.39, 0.29) is 24.2 Å². The number of anilines is 1. The van der Waals surface area contributed by atoms with Crippen LogP contribution < -0.4 is 10.2 Å². The first kappa shape index (κ1) is 20.1. The summed E-state index contributed by atoms with van der Waals surface area (Å²) in [5.41, 5.74) is 5.44. The van der Waals surface area contributed by atoms with Gasteiger partial charge in [0.2, 0.25) is 11.8 Å². The second-order valence-electron chi connectivity index (χ2n) is 7.96. The first-order valence-corrected chi connectivity index (χ1v) is 10.0. The molecule has 6 heteroatoms. The molecule has 0 bridgehead atoms.